The molecule has 0 saturated heterocycles. The van der Waals surface area contributed by atoms with Crippen LogP contribution in [0, 0.1) is 19.8 Å². The number of aryl methyl sites for hydroxylation is 2. The van der Waals surface area contributed by atoms with Gasteiger partial charge in [-0.05, 0) is 74.9 Å². The third kappa shape index (κ3) is 4.46. The first-order valence-electron chi connectivity index (χ1n) is 12.9. The van der Waals surface area contributed by atoms with Crippen molar-refractivity contribution in [1.29, 1.82) is 0 Å². The second-order valence-corrected chi connectivity index (χ2v) is 12.1. The number of hydrogen-bond donors (Lipinski definition) is 0. The summed E-state index contributed by atoms with van der Waals surface area (Å²) in [4.78, 5) is 34.4. The zero-order valence-electron chi connectivity index (χ0n) is 21.7. The van der Waals surface area contributed by atoms with Crippen molar-refractivity contribution in [3.8, 4) is 5.69 Å². The summed E-state index contributed by atoms with van der Waals surface area (Å²) in [5.41, 5.74) is 4.50. The first kappa shape index (κ1) is 24.9. The molecule has 0 spiro atoms. The Morgan fingerprint density at radius 1 is 1.18 bits per heavy atom. The van der Waals surface area contributed by atoms with E-state index in [4.69, 9.17) is 9.40 Å². The van der Waals surface area contributed by atoms with Crippen LogP contribution < -0.4 is 5.56 Å². The van der Waals surface area contributed by atoms with Crippen LogP contribution in [0.2, 0.25) is 0 Å². The van der Waals surface area contributed by atoms with Crippen LogP contribution in [0.5, 0.6) is 0 Å². The molecule has 0 aliphatic heterocycles. The summed E-state index contributed by atoms with van der Waals surface area (Å²) < 4.78 is 9.29. The van der Waals surface area contributed by atoms with E-state index in [0.717, 1.165) is 52.3 Å². The number of ketones is 1. The van der Waals surface area contributed by atoms with Gasteiger partial charge in [0.05, 0.1) is 29.6 Å². The third-order valence-electron chi connectivity index (χ3n) is 7.41. The zero-order chi connectivity index (χ0) is 26.4. The van der Waals surface area contributed by atoms with Gasteiger partial charge in [0, 0.05) is 21.8 Å². The number of furan rings is 1. The van der Waals surface area contributed by atoms with E-state index in [-0.39, 0.29) is 17.1 Å². The fraction of sp³-hybridized carbons (Fsp3) is 0.300. The molecule has 4 heterocycles. The summed E-state index contributed by atoms with van der Waals surface area (Å²) in [6.07, 6.45) is 4.66. The van der Waals surface area contributed by atoms with Gasteiger partial charge < -0.3 is 8.98 Å². The molecule has 0 amide bonds. The first-order chi connectivity index (χ1) is 18.4. The summed E-state index contributed by atoms with van der Waals surface area (Å²) in [6.45, 7) is 6.82. The number of fused-ring (bicyclic) bond motifs is 3. The summed E-state index contributed by atoms with van der Waals surface area (Å²) >= 11 is 2.97. The van der Waals surface area contributed by atoms with Gasteiger partial charge in [-0.25, -0.2) is 4.98 Å². The molecule has 1 aliphatic rings. The number of carbonyl (C=O) groups is 1. The molecule has 0 radical (unpaired) electrons. The molecule has 0 N–H and O–H groups in total. The topological polar surface area (TPSA) is 70.0 Å². The van der Waals surface area contributed by atoms with Crippen molar-refractivity contribution >= 4 is 39.1 Å². The molecular formula is C30H29N3O3S2. The van der Waals surface area contributed by atoms with Crippen LogP contribution >= 0.6 is 23.1 Å². The third-order valence-corrected chi connectivity index (χ3v) is 9.50. The minimum absolute atomic E-state index is 0.0158. The molecule has 0 bridgehead atoms. The summed E-state index contributed by atoms with van der Waals surface area (Å²) in [5, 5.41) is 1.30. The van der Waals surface area contributed by atoms with Crippen LogP contribution in [0.4, 0.5) is 0 Å². The van der Waals surface area contributed by atoms with Crippen molar-refractivity contribution in [2.24, 2.45) is 5.92 Å². The van der Waals surface area contributed by atoms with E-state index in [9.17, 15) is 9.59 Å². The van der Waals surface area contributed by atoms with Crippen molar-refractivity contribution in [3.05, 3.63) is 98.3 Å². The Morgan fingerprint density at radius 2 is 2.00 bits per heavy atom. The highest BCUT2D eigenvalue weighted by molar-refractivity contribution is 7.99. The molecule has 6 rings (SSSR count). The fourth-order valence-electron chi connectivity index (χ4n) is 5.37. The number of rotatable bonds is 7. The second-order valence-electron chi connectivity index (χ2n) is 10.1. The molecule has 38 heavy (non-hydrogen) atoms. The van der Waals surface area contributed by atoms with Gasteiger partial charge in [-0.2, -0.15) is 0 Å². The highest BCUT2D eigenvalue weighted by Gasteiger charge is 2.26. The number of Topliss-reactive ketones (excluding diaryl/α,β-unsaturated/α-hetero) is 1. The van der Waals surface area contributed by atoms with Gasteiger partial charge in [0.15, 0.2) is 10.9 Å². The molecule has 0 saturated carbocycles. The van der Waals surface area contributed by atoms with E-state index in [0.29, 0.717) is 23.2 Å². The molecule has 1 aromatic carbocycles. The average Bonchev–Trinajstić information content (AvgIpc) is 3.62. The predicted octanol–water partition coefficient (Wildman–Crippen LogP) is 6.61. The lowest BCUT2D eigenvalue weighted by molar-refractivity contribution is 0.102. The van der Waals surface area contributed by atoms with Gasteiger partial charge in [-0.1, -0.05) is 36.9 Å². The number of aromatic nitrogens is 3. The normalized spacial score (nSPS) is 15.2. The number of carbonyl (C=O) groups excluding carboxylic acids is 1. The van der Waals surface area contributed by atoms with Crippen molar-refractivity contribution in [1.82, 2.24) is 14.1 Å². The molecule has 4 aromatic heterocycles. The Labute approximate surface area is 229 Å². The Bertz CT molecular complexity index is 1690. The van der Waals surface area contributed by atoms with Crippen LogP contribution in [-0.4, -0.2) is 25.7 Å². The molecule has 6 nitrogen and oxygen atoms in total. The molecule has 0 unspecified atom stereocenters. The minimum atomic E-state index is -0.0418. The lowest BCUT2D eigenvalue weighted by Crippen LogP contribution is -2.23. The summed E-state index contributed by atoms with van der Waals surface area (Å²) in [6, 6.07) is 15.4. The standard InChI is InChI=1S/C30H29N3O3S2/c1-18-11-12-23-26(14-18)38-28-27(23)29(35)33(21-8-5-4-6-9-21)30(31-28)37-17-25(34)24-15-19(2)32(20(24)3)16-22-10-7-13-36-22/h4-10,13,15,18H,11-12,14,16-17H2,1-3H3/t18-/m0/s1. The van der Waals surface area contributed by atoms with E-state index >= 15 is 0 Å². The maximum absolute atomic E-state index is 14.0. The molecular weight excluding hydrogens is 514 g/mol. The zero-order valence-corrected chi connectivity index (χ0v) is 23.3. The monoisotopic (exact) mass is 543 g/mol. The molecule has 5 aromatic rings. The molecule has 8 heteroatoms. The van der Waals surface area contributed by atoms with Crippen molar-refractivity contribution in [2.75, 3.05) is 5.75 Å². The summed E-state index contributed by atoms with van der Waals surface area (Å²) in [7, 11) is 0. The number of thioether (sulfide) groups is 1. The quantitative estimate of drug-likeness (QED) is 0.131. The van der Waals surface area contributed by atoms with Gasteiger partial charge in [-0.3, -0.25) is 14.2 Å². The highest BCUT2D eigenvalue weighted by atomic mass is 32.2. The largest absolute Gasteiger partial charge is 0.467 e. The van der Waals surface area contributed by atoms with Gasteiger partial charge in [0.1, 0.15) is 10.6 Å². The number of hydrogen-bond acceptors (Lipinski definition) is 6. The Hall–Kier alpha value is -3.36. The van der Waals surface area contributed by atoms with E-state index < -0.39 is 0 Å². The number of nitrogens with zero attached hydrogens (tertiary/aromatic N) is 3. The van der Waals surface area contributed by atoms with Crippen LogP contribution in [0.25, 0.3) is 15.9 Å². The highest BCUT2D eigenvalue weighted by Crippen LogP contribution is 2.37. The number of benzene rings is 1. The predicted molar refractivity (Wildman–Crippen MR) is 153 cm³/mol. The Kier molecular flexibility index (Phi) is 6.61. The second kappa shape index (κ2) is 10.1. The Morgan fingerprint density at radius 3 is 2.76 bits per heavy atom. The maximum Gasteiger partial charge on any atom is 0.267 e. The van der Waals surface area contributed by atoms with Crippen LogP contribution in [0.1, 0.15) is 51.3 Å². The molecule has 1 aliphatic carbocycles. The van der Waals surface area contributed by atoms with E-state index in [2.05, 4.69) is 11.5 Å². The average molecular weight is 544 g/mol. The van der Waals surface area contributed by atoms with Gasteiger partial charge in [-0.15, -0.1) is 11.3 Å². The van der Waals surface area contributed by atoms with Crippen molar-refractivity contribution in [3.63, 3.8) is 0 Å². The smallest absolute Gasteiger partial charge is 0.267 e. The number of para-hydroxylation sites is 1. The van der Waals surface area contributed by atoms with E-state index in [1.165, 1.54) is 22.2 Å². The maximum atomic E-state index is 14.0. The van der Waals surface area contributed by atoms with Gasteiger partial charge >= 0.3 is 0 Å². The first-order valence-corrected chi connectivity index (χ1v) is 14.7. The van der Waals surface area contributed by atoms with Crippen LogP contribution in [0.3, 0.4) is 0 Å². The number of thiophene rings is 1. The minimum Gasteiger partial charge on any atom is -0.467 e. The van der Waals surface area contributed by atoms with Gasteiger partial charge in [0.25, 0.3) is 5.56 Å². The van der Waals surface area contributed by atoms with E-state index in [1.807, 2.05) is 62.4 Å². The van der Waals surface area contributed by atoms with E-state index in [1.54, 1.807) is 22.2 Å². The van der Waals surface area contributed by atoms with Crippen molar-refractivity contribution < 1.29 is 9.21 Å². The van der Waals surface area contributed by atoms with Crippen molar-refractivity contribution in [2.45, 2.75) is 51.7 Å². The lowest BCUT2D eigenvalue weighted by atomic mass is 9.89. The van der Waals surface area contributed by atoms with Crippen LogP contribution in [0.15, 0.2) is 69.2 Å². The molecule has 0 fully saturated rings. The Balaban J connectivity index is 1.35. The molecule has 1 atom stereocenters. The SMILES string of the molecule is Cc1cc(C(=O)CSc2nc3sc4c(c3c(=O)n2-c2ccccc2)CC[C@H](C)C4)c(C)n1Cc1ccco1. The lowest BCUT2D eigenvalue weighted by Gasteiger charge is -2.17. The molecule has 194 valence electrons. The van der Waals surface area contributed by atoms with Gasteiger partial charge in [0.2, 0.25) is 0 Å². The van der Waals surface area contributed by atoms with Crippen LogP contribution in [-0.2, 0) is 19.4 Å². The summed E-state index contributed by atoms with van der Waals surface area (Å²) in [5.74, 6) is 1.67. The fourth-order valence-corrected chi connectivity index (χ4v) is 7.69.